The standard InChI is InChI=1S/C12H20ClNOS/c1-12(5-2-8-16-12)11(15)14-7-4-10(9-14)3-6-13/h10H,2-9H2,1H3. The van der Waals surface area contributed by atoms with Crippen molar-refractivity contribution in [1.29, 1.82) is 0 Å². The van der Waals surface area contributed by atoms with Crippen molar-refractivity contribution in [2.75, 3.05) is 24.7 Å². The van der Waals surface area contributed by atoms with Crippen LogP contribution in [0.25, 0.3) is 0 Å². The number of amides is 1. The van der Waals surface area contributed by atoms with Crippen LogP contribution in [-0.4, -0.2) is 40.3 Å². The molecule has 2 atom stereocenters. The van der Waals surface area contributed by atoms with E-state index in [1.165, 1.54) is 6.42 Å². The Morgan fingerprint density at radius 1 is 1.62 bits per heavy atom. The van der Waals surface area contributed by atoms with Crippen LogP contribution >= 0.6 is 23.4 Å². The Balaban J connectivity index is 1.91. The van der Waals surface area contributed by atoms with Gasteiger partial charge in [0.15, 0.2) is 0 Å². The predicted molar refractivity (Wildman–Crippen MR) is 70.1 cm³/mol. The zero-order chi connectivity index (χ0) is 11.6. The highest BCUT2D eigenvalue weighted by Gasteiger charge is 2.41. The summed E-state index contributed by atoms with van der Waals surface area (Å²) in [6.45, 7) is 3.99. The molecule has 2 unspecified atom stereocenters. The average molecular weight is 262 g/mol. The molecule has 0 bridgehead atoms. The van der Waals surface area contributed by atoms with Crippen molar-refractivity contribution in [3.05, 3.63) is 0 Å². The third-order valence-electron chi connectivity index (χ3n) is 3.76. The van der Waals surface area contributed by atoms with Crippen molar-refractivity contribution in [1.82, 2.24) is 4.90 Å². The van der Waals surface area contributed by atoms with Gasteiger partial charge in [0.2, 0.25) is 5.91 Å². The van der Waals surface area contributed by atoms with Gasteiger partial charge in [0.1, 0.15) is 0 Å². The van der Waals surface area contributed by atoms with E-state index in [0.717, 1.165) is 44.0 Å². The molecule has 2 nitrogen and oxygen atoms in total. The Bertz CT molecular complexity index is 266. The molecule has 0 N–H and O–H groups in total. The topological polar surface area (TPSA) is 20.3 Å². The van der Waals surface area contributed by atoms with Crippen molar-refractivity contribution >= 4 is 29.3 Å². The predicted octanol–water partition coefficient (Wildman–Crippen LogP) is 2.75. The van der Waals surface area contributed by atoms with Crippen LogP contribution in [0.3, 0.4) is 0 Å². The molecule has 1 amide bonds. The maximum Gasteiger partial charge on any atom is 0.238 e. The molecule has 0 aliphatic carbocycles. The number of rotatable bonds is 3. The highest BCUT2D eigenvalue weighted by atomic mass is 35.5. The fraction of sp³-hybridized carbons (Fsp3) is 0.917. The first kappa shape index (κ1) is 12.6. The number of carbonyl (C=O) groups excluding carboxylic acids is 1. The van der Waals surface area contributed by atoms with Crippen LogP contribution < -0.4 is 0 Å². The SMILES string of the molecule is CC1(C(=O)N2CCC(CCCl)C2)CCCS1. The molecule has 16 heavy (non-hydrogen) atoms. The summed E-state index contributed by atoms with van der Waals surface area (Å²) in [7, 11) is 0. The van der Waals surface area contributed by atoms with E-state index in [4.69, 9.17) is 11.6 Å². The number of carbonyl (C=O) groups is 1. The average Bonchev–Trinajstić information content (AvgIpc) is 2.88. The Kier molecular flexibility index (Phi) is 4.06. The summed E-state index contributed by atoms with van der Waals surface area (Å²) in [5, 5.41) is 0. The molecule has 0 saturated carbocycles. The van der Waals surface area contributed by atoms with E-state index in [-0.39, 0.29) is 4.75 Å². The normalized spacial score (nSPS) is 34.6. The van der Waals surface area contributed by atoms with Crippen LogP contribution in [0.4, 0.5) is 0 Å². The van der Waals surface area contributed by atoms with Gasteiger partial charge in [-0.15, -0.1) is 23.4 Å². The molecule has 2 heterocycles. The Morgan fingerprint density at radius 2 is 2.44 bits per heavy atom. The summed E-state index contributed by atoms with van der Waals surface area (Å²) in [4.78, 5) is 14.5. The molecule has 92 valence electrons. The smallest absolute Gasteiger partial charge is 0.238 e. The van der Waals surface area contributed by atoms with E-state index in [2.05, 4.69) is 11.8 Å². The molecular weight excluding hydrogens is 242 g/mol. The second-order valence-corrected chi connectivity index (χ2v) is 7.04. The molecule has 2 rings (SSSR count). The summed E-state index contributed by atoms with van der Waals surface area (Å²) < 4.78 is -0.129. The van der Waals surface area contributed by atoms with E-state index in [9.17, 15) is 4.79 Å². The highest BCUT2D eigenvalue weighted by molar-refractivity contribution is 8.01. The summed E-state index contributed by atoms with van der Waals surface area (Å²) >= 11 is 7.59. The summed E-state index contributed by atoms with van der Waals surface area (Å²) in [5.74, 6) is 2.86. The van der Waals surface area contributed by atoms with Crippen LogP contribution in [-0.2, 0) is 4.79 Å². The van der Waals surface area contributed by atoms with Gasteiger partial charge >= 0.3 is 0 Å². The lowest BCUT2D eigenvalue weighted by Crippen LogP contribution is -2.42. The van der Waals surface area contributed by atoms with Crippen LogP contribution in [0.1, 0.15) is 32.6 Å². The maximum absolute atomic E-state index is 12.4. The Morgan fingerprint density at radius 3 is 3.06 bits per heavy atom. The zero-order valence-electron chi connectivity index (χ0n) is 9.88. The lowest BCUT2D eigenvalue weighted by Gasteiger charge is -2.28. The largest absolute Gasteiger partial charge is 0.341 e. The second-order valence-electron chi connectivity index (χ2n) is 5.07. The van der Waals surface area contributed by atoms with Crippen LogP contribution in [0.5, 0.6) is 0 Å². The van der Waals surface area contributed by atoms with E-state index >= 15 is 0 Å². The first-order chi connectivity index (χ1) is 7.65. The van der Waals surface area contributed by atoms with Crippen molar-refractivity contribution in [2.24, 2.45) is 5.92 Å². The van der Waals surface area contributed by atoms with Gasteiger partial charge in [0.25, 0.3) is 0 Å². The minimum absolute atomic E-state index is 0.129. The minimum Gasteiger partial charge on any atom is -0.341 e. The number of halogens is 1. The van der Waals surface area contributed by atoms with Crippen LogP contribution in [0, 0.1) is 5.92 Å². The van der Waals surface area contributed by atoms with Gasteiger partial charge in [0, 0.05) is 19.0 Å². The molecule has 0 spiro atoms. The maximum atomic E-state index is 12.4. The quantitative estimate of drug-likeness (QED) is 0.728. The summed E-state index contributed by atoms with van der Waals surface area (Å²) in [6, 6.07) is 0. The summed E-state index contributed by atoms with van der Waals surface area (Å²) in [5.41, 5.74) is 0. The van der Waals surface area contributed by atoms with Gasteiger partial charge < -0.3 is 4.90 Å². The highest BCUT2D eigenvalue weighted by Crippen LogP contribution is 2.40. The third kappa shape index (κ3) is 2.51. The number of thioether (sulfide) groups is 1. The molecular formula is C12H20ClNOS. The van der Waals surface area contributed by atoms with Gasteiger partial charge in [-0.3, -0.25) is 4.79 Å². The van der Waals surface area contributed by atoms with Crippen molar-refractivity contribution in [2.45, 2.75) is 37.4 Å². The van der Waals surface area contributed by atoms with Crippen molar-refractivity contribution in [3.8, 4) is 0 Å². The molecule has 2 saturated heterocycles. The van der Waals surface area contributed by atoms with Gasteiger partial charge in [-0.2, -0.15) is 0 Å². The fourth-order valence-electron chi connectivity index (χ4n) is 2.69. The van der Waals surface area contributed by atoms with Gasteiger partial charge in [0.05, 0.1) is 4.75 Å². The summed E-state index contributed by atoms with van der Waals surface area (Å²) in [6.07, 6.45) is 4.42. The zero-order valence-corrected chi connectivity index (χ0v) is 11.4. The first-order valence-electron chi connectivity index (χ1n) is 6.15. The molecule has 4 heteroatoms. The molecule has 0 radical (unpaired) electrons. The first-order valence-corrected chi connectivity index (χ1v) is 7.67. The molecule has 0 aromatic heterocycles. The van der Waals surface area contributed by atoms with Gasteiger partial charge in [-0.25, -0.2) is 0 Å². The van der Waals surface area contributed by atoms with E-state index in [1.54, 1.807) is 0 Å². The number of nitrogens with zero attached hydrogens (tertiary/aromatic N) is 1. The lowest BCUT2D eigenvalue weighted by atomic mass is 10.0. The minimum atomic E-state index is -0.129. The van der Waals surface area contributed by atoms with E-state index in [0.29, 0.717) is 11.8 Å². The van der Waals surface area contributed by atoms with Crippen LogP contribution in [0.2, 0.25) is 0 Å². The molecule has 0 aromatic carbocycles. The molecule has 2 aliphatic heterocycles. The van der Waals surface area contributed by atoms with Crippen molar-refractivity contribution in [3.63, 3.8) is 0 Å². The molecule has 0 aromatic rings. The molecule has 2 aliphatic rings. The Hall–Kier alpha value is 0.110. The lowest BCUT2D eigenvalue weighted by molar-refractivity contribution is -0.132. The monoisotopic (exact) mass is 261 g/mol. The second kappa shape index (κ2) is 5.18. The van der Waals surface area contributed by atoms with E-state index in [1.807, 2.05) is 11.8 Å². The number of likely N-dealkylation sites (tertiary alicyclic amines) is 1. The van der Waals surface area contributed by atoms with Gasteiger partial charge in [-0.1, -0.05) is 0 Å². The van der Waals surface area contributed by atoms with Crippen molar-refractivity contribution < 1.29 is 4.79 Å². The molecule has 2 fully saturated rings. The number of hydrogen-bond acceptors (Lipinski definition) is 2. The van der Waals surface area contributed by atoms with Crippen LogP contribution in [0.15, 0.2) is 0 Å². The number of alkyl halides is 1. The Labute approximate surface area is 107 Å². The van der Waals surface area contributed by atoms with E-state index < -0.39 is 0 Å². The fourth-order valence-corrected chi connectivity index (χ4v) is 4.28. The van der Waals surface area contributed by atoms with Gasteiger partial charge in [-0.05, 0) is 44.3 Å². The third-order valence-corrected chi connectivity index (χ3v) is 5.49. The number of hydrogen-bond donors (Lipinski definition) is 0.